The highest BCUT2D eigenvalue weighted by Crippen LogP contribution is 2.07. The second-order valence-corrected chi connectivity index (χ2v) is 6.34. The van der Waals surface area contributed by atoms with Gasteiger partial charge in [0.1, 0.15) is 0 Å². The summed E-state index contributed by atoms with van der Waals surface area (Å²) in [5, 5.41) is 3.87. The monoisotopic (exact) mass is 324 g/mol. The molecule has 0 saturated carbocycles. The quantitative estimate of drug-likeness (QED) is 0.784. The second-order valence-electron chi connectivity index (χ2n) is 5.13. The van der Waals surface area contributed by atoms with E-state index >= 15 is 0 Å². The molecule has 1 unspecified atom stereocenters. The fourth-order valence-electron chi connectivity index (χ4n) is 2.11. The summed E-state index contributed by atoms with van der Waals surface area (Å²) < 4.78 is 14.2. The molecular weight excluding hydrogens is 304 g/mol. The molecule has 0 aromatic heterocycles. The largest absolute Gasteiger partial charge is 0.337 e. The molecule has 8 heteroatoms. The fourth-order valence-corrected chi connectivity index (χ4v) is 2.83. The van der Waals surface area contributed by atoms with Crippen molar-refractivity contribution in [3.63, 3.8) is 0 Å². The SMILES string of the molecule is Cc1ccc(S(=O)NC(=O)NC(=O)NN2CCCCC2)cc1. The molecule has 1 heterocycles. The zero-order chi connectivity index (χ0) is 15.9. The van der Waals surface area contributed by atoms with Crippen LogP contribution < -0.4 is 15.5 Å². The number of amides is 4. The lowest BCUT2D eigenvalue weighted by molar-refractivity contribution is 0.155. The zero-order valence-corrected chi connectivity index (χ0v) is 13.2. The van der Waals surface area contributed by atoms with Gasteiger partial charge in [-0.1, -0.05) is 24.1 Å². The van der Waals surface area contributed by atoms with Crippen LogP contribution >= 0.6 is 0 Å². The maximum atomic E-state index is 11.9. The van der Waals surface area contributed by atoms with E-state index in [0.717, 1.165) is 37.9 Å². The normalized spacial score (nSPS) is 16.6. The first-order chi connectivity index (χ1) is 10.5. The van der Waals surface area contributed by atoms with Crippen molar-refractivity contribution in [1.82, 2.24) is 20.5 Å². The van der Waals surface area contributed by atoms with Gasteiger partial charge in [0.05, 0.1) is 4.90 Å². The topological polar surface area (TPSA) is 90.5 Å². The van der Waals surface area contributed by atoms with Crippen LogP contribution in [0.5, 0.6) is 0 Å². The molecule has 0 aliphatic carbocycles. The van der Waals surface area contributed by atoms with Crippen molar-refractivity contribution in [2.75, 3.05) is 13.1 Å². The molecule has 2 rings (SSSR count). The van der Waals surface area contributed by atoms with Gasteiger partial charge in [-0.2, -0.15) is 0 Å². The Balaban J connectivity index is 1.77. The van der Waals surface area contributed by atoms with E-state index in [9.17, 15) is 13.8 Å². The van der Waals surface area contributed by atoms with Crippen molar-refractivity contribution < 1.29 is 13.8 Å². The predicted molar refractivity (Wildman–Crippen MR) is 83.2 cm³/mol. The standard InChI is InChI=1S/C14H20N4O3S/c1-11-5-7-12(8-6-11)22(21)17-14(20)15-13(19)16-18-9-3-2-4-10-18/h5-8H,2-4,9-10H2,1H3,(H3,15,16,17,19,20). The number of urea groups is 2. The van der Waals surface area contributed by atoms with Crippen molar-refractivity contribution in [2.24, 2.45) is 0 Å². The number of hydrazine groups is 1. The summed E-state index contributed by atoms with van der Waals surface area (Å²) in [5.41, 5.74) is 3.63. The van der Waals surface area contributed by atoms with E-state index in [2.05, 4.69) is 15.5 Å². The summed E-state index contributed by atoms with van der Waals surface area (Å²) in [7, 11) is -1.70. The average molecular weight is 324 g/mol. The van der Waals surface area contributed by atoms with Crippen molar-refractivity contribution in [3.8, 4) is 0 Å². The molecule has 0 bridgehead atoms. The van der Waals surface area contributed by atoms with Gasteiger partial charge in [0.2, 0.25) is 0 Å². The highest BCUT2D eigenvalue weighted by atomic mass is 32.2. The molecule has 3 N–H and O–H groups in total. The Labute approximate surface area is 132 Å². The number of nitrogens with zero attached hydrogens (tertiary/aromatic N) is 1. The van der Waals surface area contributed by atoms with Crippen molar-refractivity contribution in [3.05, 3.63) is 29.8 Å². The number of carbonyl (C=O) groups excluding carboxylic acids is 2. The minimum atomic E-state index is -1.70. The third kappa shape index (κ3) is 5.12. The number of piperidine rings is 1. The molecule has 1 aliphatic heterocycles. The van der Waals surface area contributed by atoms with Crippen LogP contribution in [0.25, 0.3) is 0 Å². The molecule has 4 amide bonds. The van der Waals surface area contributed by atoms with Crippen LogP contribution in [0.1, 0.15) is 24.8 Å². The van der Waals surface area contributed by atoms with E-state index in [-0.39, 0.29) is 0 Å². The molecule has 120 valence electrons. The number of aryl methyl sites for hydroxylation is 1. The maximum Gasteiger partial charge on any atom is 0.337 e. The summed E-state index contributed by atoms with van der Waals surface area (Å²) in [6, 6.07) is 5.51. The van der Waals surface area contributed by atoms with Gasteiger partial charge in [0.25, 0.3) is 0 Å². The Morgan fingerprint density at radius 3 is 2.32 bits per heavy atom. The summed E-state index contributed by atoms with van der Waals surface area (Å²) in [5.74, 6) is 0. The van der Waals surface area contributed by atoms with E-state index in [0.29, 0.717) is 4.90 Å². The molecule has 0 radical (unpaired) electrons. The van der Waals surface area contributed by atoms with E-state index in [1.165, 1.54) is 0 Å². The molecule has 22 heavy (non-hydrogen) atoms. The van der Waals surface area contributed by atoms with E-state index in [1.54, 1.807) is 29.3 Å². The van der Waals surface area contributed by atoms with Gasteiger partial charge in [-0.25, -0.2) is 18.8 Å². The molecule has 1 saturated heterocycles. The van der Waals surface area contributed by atoms with Crippen LogP contribution in [0, 0.1) is 6.92 Å². The number of rotatable bonds is 3. The van der Waals surface area contributed by atoms with Gasteiger partial charge in [0.15, 0.2) is 11.0 Å². The number of imide groups is 1. The molecule has 1 atom stereocenters. The Morgan fingerprint density at radius 1 is 1.05 bits per heavy atom. The van der Waals surface area contributed by atoms with Crippen LogP contribution in [0.15, 0.2) is 29.2 Å². The third-order valence-electron chi connectivity index (χ3n) is 3.26. The molecule has 0 spiro atoms. The first-order valence-electron chi connectivity index (χ1n) is 7.16. The summed E-state index contributed by atoms with van der Waals surface area (Å²) in [6.07, 6.45) is 3.18. The smallest absolute Gasteiger partial charge is 0.270 e. The van der Waals surface area contributed by atoms with Crippen LogP contribution in [0.2, 0.25) is 0 Å². The van der Waals surface area contributed by atoms with E-state index < -0.39 is 23.0 Å². The minimum absolute atomic E-state index is 0.470. The van der Waals surface area contributed by atoms with Crippen LogP contribution in [0.4, 0.5) is 9.59 Å². The van der Waals surface area contributed by atoms with Crippen molar-refractivity contribution in [1.29, 1.82) is 0 Å². The lowest BCUT2D eigenvalue weighted by Crippen LogP contribution is -2.52. The lowest BCUT2D eigenvalue weighted by atomic mass is 10.2. The number of nitrogens with one attached hydrogen (secondary N) is 3. The number of benzene rings is 1. The molecule has 1 fully saturated rings. The summed E-state index contributed by atoms with van der Waals surface area (Å²) in [4.78, 5) is 23.8. The first-order valence-corrected chi connectivity index (χ1v) is 8.31. The lowest BCUT2D eigenvalue weighted by Gasteiger charge is -2.26. The van der Waals surface area contributed by atoms with E-state index in [4.69, 9.17) is 0 Å². The average Bonchev–Trinajstić information content (AvgIpc) is 2.48. The Bertz CT molecular complexity index is 556. The van der Waals surface area contributed by atoms with Gasteiger partial charge in [0, 0.05) is 13.1 Å². The summed E-state index contributed by atoms with van der Waals surface area (Å²) in [6.45, 7) is 3.45. The van der Waals surface area contributed by atoms with Crippen LogP contribution in [0.3, 0.4) is 0 Å². The first kappa shape index (κ1) is 16.4. The second kappa shape index (κ2) is 7.90. The Morgan fingerprint density at radius 2 is 1.68 bits per heavy atom. The van der Waals surface area contributed by atoms with Gasteiger partial charge >= 0.3 is 12.1 Å². The Hall–Kier alpha value is -1.93. The molecular formula is C14H20N4O3S. The van der Waals surface area contributed by atoms with Crippen molar-refractivity contribution >= 4 is 23.0 Å². The minimum Gasteiger partial charge on any atom is -0.270 e. The highest BCUT2D eigenvalue weighted by molar-refractivity contribution is 7.83. The van der Waals surface area contributed by atoms with Gasteiger partial charge in [-0.3, -0.25) is 15.5 Å². The fraction of sp³-hybridized carbons (Fsp3) is 0.429. The third-order valence-corrected chi connectivity index (χ3v) is 4.33. The zero-order valence-electron chi connectivity index (χ0n) is 12.4. The van der Waals surface area contributed by atoms with Crippen LogP contribution in [-0.2, 0) is 11.0 Å². The van der Waals surface area contributed by atoms with Gasteiger partial charge in [-0.05, 0) is 31.9 Å². The molecule has 1 aromatic carbocycles. The van der Waals surface area contributed by atoms with Crippen molar-refractivity contribution in [2.45, 2.75) is 31.1 Å². The predicted octanol–water partition coefficient (Wildman–Crippen LogP) is 1.43. The van der Waals surface area contributed by atoms with Crippen LogP contribution in [-0.4, -0.2) is 34.4 Å². The molecule has 7 nitrogen and oxygen atoms in total. The van der Waals surface area contributed by atoms with Gasteiger partial charge in [-0.15, -0.1) is 0 Å². The summed E-state index contributed by atoms with van der Waals surface area (Å²) >= 11 is 0. The highest BCUT2D eigenvalue weighted by Gasteiger charge is 2.15. The number of carbonyl (C=O) groups is 2. The number of hydrogen-bond acceptors (Lipinski definition) is 4. The molecule has 1 aliphatic rings. The number of hydrogen-bond donors (Lipinski definition) is 3. The van der Waals surface area contributed by atoms with Gasteiger partial charge < -0.3 is 0 Å². The molecule has 1 aromatic rings. The van der Waals surface area contributed by atoms with E-state index in [1.807, 2.05) is 6.92 Å². The Kier molecular flexibility index (Phi) is 5.91. The maximum absolute atomic E-state index is 11.9.